The number of anilines is 2. The number of hydrogen-bond acceptors (Lipinski definition) is 4. The smallest absolute Gasteiger partial charge is 0.378 e. The van der Waals surface area contributed by atoms with Gasteiger partial charge in [0.2, 0.25) is 0 Å². The fourth-order valence-corrected chi connectivity index (χ4v) is 4.77. The summed E-state index contributed by atoms with van der Waals surface area (Å²) in [5.74, 6) is 0.734. The lowest BCUT2D eigenvalue weighted by atomic mass is 9.97. The normalized spacial score (nSPS) is 16.1. The van der Waals surface area contributed by atoms with Crippen LogP contribution in [0.3, 0.4) is 0 Å². The van der Waals surface area contributed by atoms with E-state index in [1.807, 2.05) is 42.2 Å². The maximum Gasteiger partial charge on any atom is 0.401 e. The lowest BCUT2D eigenvalue weighted by molar-refractivity contribution is -0.146. The summed E-state index contributed by atoms with van der Waals surface area (Å²) >= 11 is 0. The summed E-state index contributed by atoms with van der Waals surface area (Å²) in [6, 6.07) is 14.0. The SMILES string of the molecule is Cc1cc(C(C)Nc2ccccc2C)c2cc(N3CCN(CC(F)(F)F)CC3)n(C)c(=O)c2c1. The van der Waals surface area contributed by atoms with Crippen LogP contribution in [0.25, 0.3) is 10.8 Å². The number of alkyl halides is 3. The molecule has 4 rings (SSSR count). The Bertz CT molecular complexity index is 1240. The average Bonchev–Trinajstić information content (AvgIpc) is 2.77. The maximum atomic E-state index is 13.3. The second kappa shape index (κ2) is 9.33. The summed E-state index contributed by atoms with van der Waals surface area (Å²) < 4.78 is 40.0. The van der Waals surface area contributed by atoms with E-state index in [-0.39, 0.29) is 11.6 Å². The van der Waals surface area contributed by atoms with Gasteiger partial charge in [0.25, 0.3) is 5.56 Å². The number of para-hydroxylation sites is 1. The van der Waals surface area contributed by atoms with Crippen LogP contribution < -0.4 is 15.8 Å². The highest BCUT2D eigenvalue weighted by Crippen LogP contribution is 2.31. The third-order valence-electron chi connectivity index (χ3n) is 6.59. The summed E-state index contributed by atoms with van der Waals surface area (Å²) in [7, 11) is 1.73. The zero-order chi connectivity index (χ0) is 24.6. The Kier molecular flexibility index (Phi) is 6.62. The summed E-state index contributed by atoms with van der Waals surface area (Å²) in [5, 5.41) is 5.09. The zero-order valence-electron chi connectivity index (χ0n) is 20.0. The number of benzene rings is 2. The van der Waals surface area contributed by atoms with Gasteiger partial charge in [-0.1, -0.05) is 24.3 Å². The number of halogens is 3. The van der Waals surface area contributed by atoms with Gasteiger partial charge < -0.3 is 10.2 Å². The molecule has 182 valence electrons. The molecule has 0 radical (unpaired) electrons. The molecular formula is C26H31F3N4O. The van der Waals surface area contributed by atoms with E-state index in [0.29, 0.717) is 31.6 Å². The fraction of sp³-hybridized carbons (Fsp3) is 0.423. The summed E-state index contributed by atoms with van der Waals surface area (Å²) in [6.45, 7) is 6.69. The van der Waals surface area contributed by atoms with Gasteiger partial charge >= 0.3 is 6.18 Å². The second-order valence-electron chi connectivity index (χ2n) is 9.24. The van der Waals surface area contributed by atoms with Crippen molar-refractivity contribution in [2.75, 3.05) is 42.9 Å². The molecule has 5 nitrogen and oxygen atoms in total. The minimum atomic E-state index is -4.20. The molecule has 2 heterocycles. The molecule has 1 atom stereocenters. The fourth-order valence-electron chi connectivity index (χ4n) is 4.77. The number of aryl methyl sites for hydroxylation is 2. The minimum absolute atomic E-state index is 0.0490. The van der Waals surface area contributed by atoms with Crippen molar-refractivity contribution in [2.45, 2.75) is 33.0 Å². The summed E-state index contributed by atoms with van der Waals surface area (Å²) in [6.07, 6.45) is -4.20. The number of nitrogens with zero attached hydrogens (tertiary/aromatic N) is 3. The topological polar surface area (TPSA) is 40.5 Å². The van der Waals surface area contributed by atoms with Crippen LogP contribution in [0.4, 0.5) is 24.7 Å². The first-order chi connectivity index (χ1) is 16.0. The van der Waals surface area contributed by atoms with Crippen LogP contribution in [0.1, 0.15) is 29.7 Å². The molecule has 3 aromatic rings. The first-order valence-electron chi connectivity index (χ1n) is 11.5. The van der Waals surface area contributed by atoms with Crippen molar-refractivity contribution in [1.82, 2.24) is 9.47 Å². The largest absolute Gasteiger partial charge is 0.401 e. The quantitative estimate of drug-likeness (QED) is 0.567. The van der Waals surface area contributed by atoms with E-state index in [0.717, 1.165) is 33.6 Å². The number of piperazine rings is 1. The highest BCUT2D eigenvalue weighted by atomic mass is 19.4. The third-order valence-corrected chi connectivity index (χ3v) is 6.59. The lowest BCUT2D eigenvalue weighted by Gasteiger charge is -2.37. The van der Waals surface area contributed by atoms with Crippen LogP contribution in [0.2, 0.25) is 0 Å². The first kappa shape index (κ1) is 24.1. The van der Waals surface area contributed by atoms with Gasteiger partial charge in [0.05, 0.1) is 6.54 Å². The van der Waals surface area contributed by atoms with E-state index in [2.05, 4.69) is 31.3 Å². The van der Waals surface area contributed by atoms with Crippen molar-refractivity contribution in [3.63, 3.8) is 0 Å². The minimum Gasteiger partial charge on any atom is -0.378 e. The van der Waals surface area contributed by atoms with E-state index >= 15 is 0 Å². The Balaban J connectivity index is 1.69. The number of nitrogens with one attached hydrogen (secondary N) is 1. The van der Waals surface area contributed by atoms with Crippen molar-refractivity contribution in [3.05, 3.63) is 69.5 Å². The Morgan fingerprint density at radius 3 is 2.32 bits per heavy atom. The molecule has 34 heavy (non-hydrogen) atoms. The van der Waals surface area contributed by atoms with Gasteiger partial charge in [-0.3, -0.25) is 14.3 Å². The molecule has 1 aromatic heterocycles. The molecule has 1 aliphatic heterocycles. The van der Waals surface area contributed by atoms with E-state index < -0.39 is 12.7 Å². The molecule has 1 aliphatic rings. The summed E-state index contributed by atoms with van der Waals surface area (Å²) in [5.41, 5.74) is 4.10. The summed E-state index contributed by atoms with van der Waals surface area (Å²) in [4.78, 5) is 16.8. The molecular weight excluding hydrogens is 441 g/mol. The van der Waals surface area contributed by atoms with Crippen molar-refractivity contribution < 1.29 is 13.2 Å². The van der Waals surface area contributed by atoms with Crippen molar-refractivity contribution >= 4 is 22.3 Å². The number of hydrogen-bond donors (Lipinski definition) is 1. The van der Waals surface area contributed by atoms with E-state index in [1.54, 1.807) is 11.6 Å². The van der Waals surface area contributed by atoms with Crippen LogP contribution in [0, 0.1) is 13.8 Å². The molecule has 8 heteroatoms. The molecule has 0 spiro atoms. The number of pyridine rings is 1. The monoisotopic (exact) mass is 472 g/mol. The van der Waals surface area contributed by atoms with Crippen molar-refractivity contribution in [1.29, 1.82) is 0 Å². The van der Waals surface area contributed by atoms with Gasteiger partial charge in [-0.25, -0.2) is 0 Å². The third kappa shape index (κ3) is 5.06. The van der Waals surface area contributed by atoms with Gasteiger partial charge in [0.15, 0.2) is 0 Å². The van der Waals surface area contributed by atoms with Crippen molar-refractivity contribution in [2.24, 2.45) is 7.05 Å². The average molecular weight is 473 g/mol. The van der Waals surface area contributed by atoms with Crippen molar-refractivity contribution in [3.8, 4) is 0 Å². The molecule has 2 aromatic carbocycles. The maximum absolute atomic E-state index is 13.3. The molecule has 1 N–H and O–H groups in total. The Hall–Kier alpha value is -3.00. The van der Waals surface area contributed by atoms with Crippen LogP contribution in [-0.4, -0.2) is 48.4 Å². The molecule has 0 bridgehead atoms. The van der Waals surface area contributed by atoms with Gasteiger partial charge in [-0.2, -0.15) is 13.2 Å². The van der Waals surface area contributed by atoms with Crippen LogP contribution >= 0.6 is 0 Å². The van der Waals surface area contributed by atoms with Crippen LogP contribution in [-0.2, 0) is 7.05 Å². The molecule has 0 saturated carbocycles. The second-order valence-corrected chi connectivity index (χ2v) is 9.24. The van der Waals surface area contributed by atoms with Gasteiger partial charge in [0.1, 0.15) is 5.82 Å². The zero-order valence-corrected chi connectivity index (χ0v) is 20.0. The molecule has 1 fully saturated rings. The van der Waals surface area contributed by atoms with E-state index in [4.69, 9.17) is 0 Å². The Morgan fingerprint density at radius 2 is 1.68 bits per heavy atom. The molecule has 1 saturated heterocycles. The predicted molar refractivity (Wildman–Crippen MR) is 132 cm³/mol. The standard InChI is InChI=1S/C26H31F3N4O/c1-17-13-20(19(3)30-23-8-6-5-7-18(23)2)21-15-24(31(4)25(34)22(21)14-17)33-11-9-32(10-12-33)16-26(27,28)29/h5-8,13-15,19,30H,9-12,16H2,1-4H3. The Labute approximate surface area is 197 Å². The molecule has 1 unspecified atom stereocenters. The number of rotatable bonds is 5. The van der Waals surface area contributed by atoms with Gasteiger partial charge in [-0.15, -0.1) is 0 Å². The van der Waals surface area contributed by atoms with Gasteiger partial charge in [-0.05, 0) is 61.0 Å². The molecule has 0 amide bonds. The van der Waals surface area contributed by atoms with E-state index in [9.17, 15) is 18.0 Å². The molecule has 0 aliphatic carbocycles. The lowest BCUT2D eigenvalue weighted by Crippen LogP contribution is -2.50. The van der Waals surface area contributed by atoms with Crippen LogP contribution in [0.15, 0.2) is 47.3 Å². The van der Waals surface area contributed by atoms with E-state index in [1.165, 1.54) is 4.90 Å². The highest BCUT2D eigenvalue weighted by Gasteiger charge is 2.32. The number of fused-ring (bicyclic) bond motifs is 1. The van der Waals surface area contributed by atoms with Crippen LogP contribution in [0.5, 0.6) is 0 Å². The predicted octanol–water partition coefficient (Wildman–Crippen LogP) is 5.01. The number of aromatic nitrogens is 1. The Morgan fingerprint density at radius 1 is 1.00 bits per heavy atom. The first-order valence-corrected chi connectivity index (χ1v) is 11.5. The van der Waals surface area contributed by atoms with Gasteiger partial charge in [0, 0.05) is 50.3 Å². The highest BCUT2D eigenvalue weighted by molar-refractivity contribution is 5.89.